The van der Waals surface area contributed by atoms with Crippen molar-refractivity contribution in [3.8, 4) is 0 Å². The van der Waals surface area contributed by atoms with Gasteiger partial charge in [-0.1, -0.05) is 34.1 Å². The molecule has 1 heterocycles. The zero-order valence-corrected chi connectivity index (χ0v) is 14.5. The average Bonchev–Trinajstić information content (AvgIpc) is 2.40. The summed E-state index contributed by atoms with van der Waals surface area (Å²) < 4.78 is 0. The van der Waals surface area contributed by atoms with Gasteiger partial charge in [0.05, 0.1) is 0 Å². The van der Waals surface area contributed by atoms with Gasteiger partial charge in [0.15, 0.2) is 0 Å². The SMILES string of the molecule is CCCCN(C(C)CC)C1(CN)CSCCC1(C)C. The average molecular weight is 287 g/mol. The molecule has 2 atom stereocenters. The van der Waals surface area contributed by atoms with Crippen LogP contribution in [0.15, 0.2) is 0 Å². The Hall–Kier alpha value is 0.270. The number of unbranched alkanes of at least 4 members (excludes halogenated alkanes) is 1. The van der Waals surface area contributed by atoms with Crippen molar-refractivity contribution >= 4 is 11.8 Å². The van der Waals surface area contributed by atoms with Crippen LogP contribution in [0.1, 0.15) is 60.3 Å². The molecule has 1 aliphatic heterocycles. The van der Waals surface area contributed by atoms with Crippen LogP contribution in [0.3, 0.4) is 0 Å². The Morgan fingerprint density at radius 2 is 2.00 bits per heavy atom. The molecule has 1 rings (SSSR count). The first-order chi connectivity index (χ1) is 8.95. The third kappa shape index (κ3) is 3.48. The molecule has 0 aromatic rings. The summed E-state index contributed by atoms with van der Waals surface area (Å²) >= 11 is 2.10. The van der Waals surface area contributed by atoms with E-state index in [0.717, 1.165) is 6.54 Å². The first-order valence-corrected chi connectivity index (χ1v) is 9.15. The highest BCUT2D eigenvalue weighted by atomic mass is 32.2. The molecule has 3 heteroatoms. The fraction of sp³-hybridized carbons (Fsp3) is 1.00. The lowest BCUT2D eigenvalue weighted by molar-refractivity contribution is -0.0256. The highest BCUT2D eigenvalue weighted by Crippen LogP contribution is 2.46. The molecule has 19 heavy (non-hydrogen) atoms. The molecule has 0 saturated carbocycles. The van der Waals surface area contributed by atoms with Gasteiger partial charge in [-0.25, -0.2) is 0 Å². The zero-order valence-electron chi connectivity index (χ0n) is 13.7. The third-order valence-corrected chi connectivity index (χ3v) is 6.41. The molecule has 0 aromatic carbocycles. The standard InChI is InChI=1S/C16H34N2S/c1-6-8-10-18(14(3)7-2)16(12-17)13-19-11-9-15(16,4)5/h14H,6-13,17H2,1-5H3. The Labute approximate surface area is 124 Å². The summed E-state index contributed by atoms with van der Waals surface area (Å²) in [7, 11) is 0. The highest BCUT2D eigenvalue weighted by molar-refractivity contribution is 7.99. The molecule has 2 nitrogen and oxygen atoms in total. The van der Waals surface area contributed by atoms with Crippen LogP contribution in [0.2, 0.25) is 0 Å². The summed E-state index contributed by atoms with van der Waals surface area (Å²) in [5.74, 6) is 2.49. The lowest BCUT2D eigenvalue weighted by Gasteiger charge is -2.57. The minimum absolute atomic E-state index is 0.181. The number of hydrogen-bond donors (Lipinski definition) is 1. The van der Waals surface area contributed by atoms with Crippen molar-refractivity contribution in [2.75, 3.05) is 24.6 Å². The summed E-state index contributed by atoms with van der Waals surface area (Å²) in [5.41, 5.74) is 6.83. The van der Waals surface area contributed by atoms with Crippen molar-refractivity contribution in [2.24, 2.45) is 11.1 Å². The van der Waals surface area contributed by atoms with Gasteiger partial charge in [0, 0.05) is 23.9 Å². The molecule has 0 spiro atoms. The summed E-state index contributed by atoms with van der Waals surface area (Å²) in [5, 5.41) is 0. The van der Waals surface area contributed by atoms with Crippen molar-refractivity contribution < 1.29 is 0 Å². The quantitative estimate of drug-likeness (QED) is 0.773. The van der Waals surface area contributed by atoms with E-state index >= 15 is 0 Å². The lowest BCUT2D eigenvalue weighted by atomic mass is 9.69. The fourth-order valence-electron chi connectivity index (χ4n) is 3.33. The van der Waals surface area contributed by atoms with Gasteiger partial charge in [-0.3, -0.25) is 4.90 Å². The number of rotatable bonds is 7. The van der Waals surface area contributed by atoms with Crippen molar-refractivity contribution in [2.45, 2.75) is 71.9 Å². The predicted molar refractivity (Wildman–Crippen MR) is 88.9 cm³/mol. The summed E-state index contributed by atoms with van der Waals surface area (Å²) in [4.78, 5) is 2.75. The molecular formula is C16H34N2S. The van der Waals surface area contributed by atoms with Crippen molar-refractivity contribution in [1.82, 2.24) is 4.90 Å². The van der Waals surface area contributed by atoms with E-state index in [0.29, 0.717) is 11.5 Å². The Morgan fingerprint density at radius 3 is 2.47 bits per heavy atom. The molecule has 0 radical (unpaired) electrons. The van der Waals surface area contributed by atoms with E-state index in [1.54, 1.807) is 0 Å². The normalized spacial score (nSPS) is 28.6. The van der Waals surface area contributed by atoms with Gasteiger partial charge in [0.25, 0.3) is 0 Å². The largest absolute Gasteiger partial charge is 0.329 e. The molecular weight excluding hydrogens is 252 g/mol. The van der Waals surface area contributed by atoms with Crippen LogP contribution in [0.4, 0.5) is 0 Å². The zero-order chi connectivity index (χ0) is 14.5. The summed E-state index contributed by atoms with van der Waals surface area (Å²) in [6.45, 7) is 13.8. The van der Waals surface area contributed by atoms with Gasteiger partial charge in [-0.15, -0.1) is 0 Å². The predicted octanol–water partition coefficient (Wildman–Crippen LogP) is 3.75. The minimum Gasteiger partial charge on any atom is -0.329 e. The van der Waals surface area contributed by atoms with Gasteiger partial charge in [-0.05, 0) is 43.9 Å². The van der Waals surface area contributed by atoms with Gasteiger partial charge in [0.2, 0.25) is 0 Å². The molecule has 1 saturated heterocycles. The van der Waals surface area contributed by atoms with Gasteiger partial charge in [-0.2, -0.15) is 11.8 Å². The van der Waals surface area contributed by atoms with E-state index in [4.69, 9.17) is 5.73 Å². The van der Waals surface area contributed by atoms with Gasteiger partial charge < -0.3 is 5.73 Å². The molecule has 0 bridgehead atoms. The maximum absolute atomic E-state index is 6.32. The molecule has 0 amide bonds. The first kappa shape index (κ1) is 17.3. The van der Waals surface area contributed by atoms with Crippen LogP contribution in [0, 0.1) is 5.41 Å². The van der Waals surface area contributed by atoms with Gasteiger partial charge >= 0.3 is 0 Å². The van der Waals surface area contributed by atoms with Crippen molar-refractivity contribution in [3.63, 3.8) is 0 Å². The summed E-state index contributed by atoms with van der Waals surface area (Å²) in [6.07, 6.45) is 5.05. The number of thioether (sulfide) groups is 1. The summed E-state index contributed by atoms with van der Waals surface area (Å²) in [6, 6.07) is 0.632. The van der Waals surface area contributed by atoms with E-state index in [1.165, 1.54) is 43.7 Å². The van der Waals surface area contributed by atoms with Crippen molar-refractivity contribution in [1.29, 1.82) is 0 Å². The fourth-order valence-corrected chi connectivity index (χ4v) is 5.14. The highest BCUT2D eigenvalue weighted by Gasteiger charge is 2.50. The monoisotopic (exact) mass is 286 g/mol. The van der Waals surface area contributed by atoms with E-state index in [2.05, 4.69) is 51.3 Å². The Morgan fingerprint density at radius 1 is 1.32 bits per heavy atom. The Bertz CT molecular complexity index is 267. The maximum atomic E-state index is 6.32. The number of nitrogens with zero attached hydrogens (tertiary/aromatic N) is 1. The molecule has 2 N–H and O–H groups in total. The molecule has 0 aromatic heterocycles. The van der Waals surface area contributed by atoms with Crippen LogP contribution in [-0.2, 0) is 0 Å². The minimum atomic E-state index is 0.181. The van der Waals surface area contributed by atoms with E-state index < -0.39 is 0 Å². The van der Waals surface area contributed by atoms with Crippen molar-refractivity contribution in [3.05, 3.63) is 0 Å². The maximum Gasteiger partial charge on any atom is 0.0475 e. The number of hydrogen-bond acceptors (Lipinski definition) is 3. The Kier molecular flexibility index (Phi) is 6.68. The molecule has 2 unspecified atom stereocenters. The van der Waals surface area contributed by atoms with E-state index in [9.17, 15) is 0 Å². The van der Waals surface area contributed by atoms with E-state index in [1.807, 2.05) is 0 Å². The van der Waals surface area contributed by atoms with E-state index in [-0.39, 0.29) is 5.54 Å². The molecule has 1 aliphatic rings. The third-order valence-electron chi connectivity index (χ3n) is 5.23. The van der Waals surface area contributed by atoms with Crippen LogP contribution >= 0.6 is 11.8 Å². The Balaban J connectivity index is 3.04. The smallest absolute Gasteiger partial charge is 0.0475 e. The first-order valence-electron chi connectivity index (χ1n) is 7.99. The van der Waals surface area contributed by atoms with Crippen LogP contribution in [-0.4, -0.2) is 41.1 Å². The lowest BCUT2D eigenvalue weighted by Crippen LogP contribution is -2.67. The second-order valence-corrected chi connectivity index (χ2v) is 7.83. The molecule has 114 valence electrons. The van der Waals surface area contributed by atoms with Gasteiger partial charge in [0.1, 0.15) is 0 Å². The van der Waals surface area contributed by atoms with Crippen LogP contribution in [0.25, 0.3) is 0 Å². The van der Waals surface area contributed by atoms with Crippen LogP contribution in [0.5, 0.6) is 0 Å². The van der Waals surface area contributed by atoms with Crippen LogP contribution < -0.4 is 5.73 Å². The molecule has 1 fully saturated rings. The number of nitrogens with two attached hydrogens (primary N) is 1. The second kappa shape index (κ2) is 7.33. The molecule has 0 aliphatic carbocycles. The topological polar surface area (TPSA) is 29.3 Å². The second-order valence-electron chi connectivity index (χ2n) is 6.73.